The fourth-order valence-corrected chi connectivity index (χ4v) is 2.77. The predicted octanol–water partition coefficient (Wildman–Crippen LogP) is 3.15. The van der Waals surface area contributed by atoms with E-state index < -0.39 is 0 Å². The number of ketones is 1. The zero-order valence-corrected chi connectivity index (χ0v) is 12.7. The van der Waals surface area contributed by atoms with Gasteiger partial charge in [0, 0.05) is 25.1 Å². The summed E-state index contributed by atoms with van der Waals surface area (Å²) in [6, 6.07) is 5.78. The highest BCUT2D eigenvalue weighted by molar-refractivity contribution is 5.95. The number of benzene rings is 1. The molecule has 1 aliphatic rings. The molecule has 21 heavy (non-hydrogen) atoms. The average Bonchev–Trinajstić information content (AvgIpc) is 2.49. The van der Waals surface area contributed by atoms with Crippen LogP contribution in [0.5, 0.6) is 0 Å². The number of carbonyl (C=O) groups is 1. The molecule has 0 aliphatic carbocycles. The smallest absolute Gasteiger partial charge is 0.162 e. The monoisotopic (exact) mass is 293 g/mol. The first-order valence-electron chi connectivity index (χ1n) is 7.70. The summed E-state index contributed by atoms with van der Waals surface area (Å²) in [5.74, 6) is 0.405. The maximum Gasteiger partial charge on any atom is 0.162 e. The van der Waals surface area contributed by atoms with Crippen molar-refractivity contribution >= 4 is 5.78 Å². The molecule has 4 heteroatoms. The van der Waals surface area contributed by atoms with Gasteiger partial charge >= 0.3 is 0 Å². The second kappa shape index (κ2) is 8.25. The Morgan fingerprint density at radius 1 is 1.38 bits per heavy atom. The third-order valence-corrected chi connectivity index (χ3v) is 3.93. The molecule has 2 rings (SSSR count). The van der Waals surface area contributed by atoms with Crippen LogP contribution in [0, 0.1) is 11.7 Å². The van der Waals surface area contributed by atoms with E-state index >= 15 is 0 Å². The largest absolute Gasteiger partial charge is 0.381 e. The van der Waals surface area contributed by atoms with Gasteiger partial charge in [0.25, 0.3) is 0 Å². The molecule has 1 aliphatic heterocycles. The van der Waals surface area contributed by atoms with Gasteiger partial charge in [-0.05, 0) is 63.0 Å². The Kier molecular flexibility index (Phi) is 6.33. The molecule has 0 bridgehead atoms. The van der Waals surface area contributed by atoms with Crippen LogP contribution in [0.1, 0.15) is 36.0 Å². The third kappa shape index (κ3) is 5.56. The summed E-state index contributed by atoms with van der Waals surface area (Å²) in [7, 11) is 2.09. The van der Waals surface area contributed by atoms with Crippen molar-refractivity contribution in [2.24, 2.45) is 5.92 Å². The number of rotatable bonds is 7. The number of hydrogen-bond acceptors (Lipinski definition) is 3. The van der Waals surface area contributed by atoms with Crippen molar-refractivity contribution in [2.45, 2.75) is 25.7 Å². The van der Waals surface area contributed by atoms with E-state index in [1.54, 1.807) is 12.1 Å². The van der Waals surface area contributed by atoms with E-state index in [0.717, 1.165) is 39.1 Å². The van der Waals surface area contributed by atoms with Gasteiger partial charge in [0.05, 0.1) is 6.61 Å². The molecular weight excluding hydrogens is 269 g/mol. The number of hydrogen-bond donors (Lipinski definition) is 0. The Labute approximate surface area is 126 Å². The van der Waals surface area contributed by atoms with Crippen LogP contribution in [0.15, 0.2) is 24.3 Å². The van der Waals surface area contributed by atoms with Gasteiger partial charge in [-0.3, -0.25) is 4.79 Å². The lowest BCUT2D eigenvalue weighted by molar-refractivity contribution is 0.0418. The van der Waals surface area contributed by atoms with Crippen molar-refractivity contribution in [1.82, 2.24) is 4.90 Å². The quantitative estimate of drug-likeness (QED) is 0.723. The molecule has 1 aromatic rings. The standard InChI is InChI=1S/C17H24FNO2/c1-19(12-14-4-3-11-21-13-14)10-2-5-17(20)15-6-8-16(18)9-7-15/h6-9,14H,2-5,10-13H2,1H3. The fraction of sp³-hybridized carbons (Fsp3) is 0.588. The number of nitrogens with zero attached hydrogens (tertiary/aromatic N) is 1. The summed E-state index contributed by atoms with van der Waals surface area (Å²) in [5, 5.41) is 0. The van der Waals surface area contributed by atoms with Crippen LogP contribution in [0.2, 0.25) is 0 Å². The third-order valence-electron chi connectivity index (χ3n) is 3.93. The summed E-state index contributed by atoms with van der Waals surface area (Å²) < 4.78 is 18.3. The first kappa shape index (κ1) is 16.1. The highest BCUT2D eigenvalue weighted by atomic mass is 19.1. The van der Waals surface area contributed by atoms with Crippen LogP contribution in [0.25, 0.3) is 0 Å². The molecule has 1 unspecified atom stereocenters. The molecule has 0 aromatic heterocycles. The molecule has 1 fully saturated rings. The van der Waals surface area contributed by atoms with Crippen molar-refractivity contribution in [3.05, 3.63) is 35.6 Å². The summed E-state index contributed by atoms with van der Waals surface area (Å²) in [4.78, 5) is 14.2. The molecular formula is C17H24FNO2. The highest BCUT2D eigenvalue weighted by Gasteiger charge is 2.16. The Morgan fingerprint density at radius 3 is 2.81 bits per heavy atom. The van der Waals surface area contributed by atoms with Gasteiger partial charge in [-0.25, -0.2) is 4.39 Å². The molecule has 0 radical (unpaired) electrons. The molecule has 0 N–H and O–H groups in total. The van der Waals surface area contributed by atoms with Gasteiger partial charge in [-0.2, -0.15) is 0 Å². The molecule has 1 aromatic carbocycles. The lowest BCUT2D eigenvalue weighted by Crippen LogP contribution is -2.31. The lowest BCUT2D eigenvalue weighted by Gasteiger charge is -2.27. The summed E-state index contributed by atoms with van der Waals surface area (Å²) in [6.45, 7) is 3.69. The fourth-order valence-electron chi connectivity index (χ4n) is 2.77. The predicted molar refractivity (Wildman–Crippen MR) is 81.0 cm³/mol. The molecule has 1 heterocycles. The van der Waals surface area contributed by atoms with Crippen molar-refractivity contribution in [2.75, 3.05) is 33.4 Å². The molecule has 116 valence electrons. The zero-order valence-electron chi connectivity index (χ0n) is 12.7. The van der Waals surface area contributed by atoms with E-state index in [0.29, 0.717) is 17.9 Å². The van der Waals surface area contributed by atoms with E-state index in [1.165, 1.54) is 18.6 Å². The first-order valence-corrected chi connectivity index (χ1v) is 7.70. The van der Waals surface area contributed by atoms with Crippen molar-refractivity contribution in [3.8, 4) is 0 Å². The minimum Gasteiger partial charge on any atom is -0.381 e. The summed E-state index contributed by atoms with van der Waals surface area (Å²) in [6.07, 6.45) is 3.73. The minimum absolute atomic E-state index is 0.0874. The number of ether oxygens (including phenoxy) is 1. The summed E-state index contributed by atoms with van der Waals surface area (Å²) >= 11 is 0. The van der Waals surface area contributed by atoms with Crippen LogP contribution in [-0.2, 0) is 4.74 Å². The van der Waals surface area contributed by atoms with E-state index in [4.69, 9.17) is 4.74 Å². The van der Waals surface area contributed by atoms with E-state index in [1.807, 2.05) is 0 Å². The Hall–Kier alpha value is -1.26. The highest BCUT2D eigenvalue weighted by Crippen LogP contribution is 2.15. The summed E-state index contributed by atoms with van der Waals surface area (Å²) in [5.41, 5.74) is 0.597. The van der Waals surface area contributed by atoms with Gasteiger partial charge in [0.1, 0.15) is 5.82 Å². The van der Waals surface area contributed by atoms with Gasteiger partial charge in [-0.1, -0.05) is 0 Å². The maximum atomic E-state index is 12.8. The molecule has 3 nitrogen and oxygen atoms in total. The molecule has 1 atom stereocenters. The Balaban J connectivity index is 1.66. The van der Waals surface area contributed by atoms with Crippen LogP contribution in [0.4, 0.5) is 4.39 Å². The molecule has 0 saturated carbocycles. The van der Waals surface area contributed by atoms with Crippen LogP contribution >= 0.6 is 0 Å². The second-order valence-electron chi connectivity index (χ2n) is 5.88. The number of Topliss-reactive ketones (excluding diaryl/α,β-unsaturated/α-hetero) is 1. The molecule has 0 amide bonds. The van der Waals surface area contributed by atoms with Crippen molar-refractivity contribution in [3.63, 3.8) is 0 Å². The topological polar surface area (TPSA) is 29.5 Å². The van der Waals surface area contributed by atoms with E-state index in [2.05, 4.69) is 11.9 Å². The van der Waals surface area contributed by atoms with E-state index in [9.17, 15) is 9.18 Å². The number of carbonyl (C=O) groups excluding carboxylic acids is 1. The zero-order chi connectivity index (χ0) is 15.1. The van der Waals surface area contributed by atoms with Gasteiger partial charge < -0.3 is 9.64 Å². The lowest BCUT2D eigenvalue weighted by atomic mass is 10.0. The van der Waals surface area contributed by atoms with Crippen LogP contribution in [0.3, 0.4) is 0 Å². The number of halogens is 1. The van der Waals surface area contributed by atoms with Gasteiger partial charge in [0.2, 0.25) is 0 Å². The average molecular weight is 293 g/mol. The van der Waals surface area contributed by atoms with E-state index in [-0.39, 0.29) is 11.6 Å². The van der Waals surface area contributed by atoms with Gasteiger partial charge in [-0.15, -0.1) is 0 Å². The SMILES string of the molecule is CN(CCCC(=O)c1ccc(F)cc1)CC1CCCOC1. The minimum atomic E-state index is -0.305. The maximum absolute atomic E-state index is 12.8. The van der Waals surface area contributed by atoms with Crippen LogP contribution in [-0.4, -0.2) is 44.0 Å². The molecule has 1 saturated heterocycles. The first-order chi connectivity index (χ1) is 10.1. The normalized spacial score (nSPS) is 18.9. The second-order valence-corrected chi connectivity index (χ2v) is 5.88. The van der Waals surface area contributed by atoms with Gasteiger partial charge in [0.15, 0.2) is 5.78 Å². The van der Waals surface area contributed by atoms with Crippen molar-refractivity contribution in [1.29, 1.82) is 0 Å². The van der Waals surface area contributed by atoms with Crippen LogP contribution < -0.4 is 0 Å². The Bertz CT molecular complexity index is 441. The Morgan fingerprint density at radius 2 is 2.14 bits per heavy atom. The van der Waals surface area contributed by atoms with Crippen molar-refractivity contribution < 1.29 is 13.9 Å². The molecule has 0 spiro atoms.